The van der Waals surface area contributed by atoms with Crippen LogP contribution in [0.1, 0.15) is 25.7 Å². The van der Waals surface area contributed by atoms with Crippen LogP contribution in [0, 0.1) is 0 Å². The predicted octanol–water partition coefficient (Wildman–Crippen LogP) is 2.67. The van der Waals surface area contributed by atoms with Gasteiger partial charge in [0.1, 0.15) is 0 Å². The van der Waals surface area contributed by atoms with Crippen LogP contribution in [0.15, 0.2) is 10.2 Å². The van der Waals surface area contributed by atoms with Crippen molar-refractivity contribution in [3.8, 4) is 0 Å². The van der Waals surface area contributed by atoms with Gasteiger partial charge in [0.2, 0.25) is 0 Å². The minimum Gasteiger partial charge on any atom is -0.469 e. The normalized spacial score (nSPS) is 10.4. The fourth-order valence-corrected chi connectivity index (χ4v) is 1.06. The number of carbonyl (C=O) groups excluding carboxylic acids is 1. The van der Waals surface area contributed by atoms with Crippen LogP contribution in [0.3, 0.4) is 0 Å². The second-order valence-electron chi connectivity index (χ2n) is 2.18. The third-order valence-corrected chi connectivity index (χ3v) is 1.83. The first-order valence-electron chi connectivity index (χ1n) is 3.63. The standard InChI is InChI=1S/C8H13IO2/c1-11-8(10)6-4-2-3-5-7-9/h5,7H,2-4,6H2,1H3/b7-5+. The Bertz CT molecular complexity index is 132. The molecule has 0 atom stereocenters. The maximum absolute atomic E-state index is 10.6. The number of unbranched alkanes of at least 4 members (excludes halogenated alkanes) is 2. The van der Waals surface area contributed by atoms with E-state index in [0.717, 1.165) is 19.3 Å². The van der Waals surface area contributed by atoms with Crippen molar-refractivity contribution < 1.29 is 9.53 Å². The molecule has 2 nitrogen and oxygen atoms in total. The number of esters is 1. The van der Waals surface area contributed by atoms with Crippen LogP contribution in [0.4, 0.5) is 0 Å². The zero-order chi connectivity index (χ0) is 8.53. The molecule has 0 aliphatic carbocycles. The van der Waals surface area contributed by atoms with Crippen molar-refractivity contribution in [2.75, 3.05) is 7.11 Å². The molecule has 0 spiro atoms. The quantitative estimate of drug-likeness (QED) is 0.435. The summed E-state index contributed by atoms with van der Waals surface area (Å²) >= 11 is 2.19. The van der Waals surface area contributed by atoms with Gasteiger partial charge in [-0.3, -0.25) is 4.79 Å². The smallest absolute Gasteiger partial charge is 0.305 e. The minimum atomic E-state index is -0.108. The summed E-state index contributed by atoms with van der Waals surface area (Å²) in [5.41, 5.74) is 0. The predicted molar refractivity (Wildman–Crippen MR) is 53.6 cm³/mol. The lowest BCUT2D eigenvalue weighted by Crippen LogP contribution is -1.98. The molecule has 0 aromatic carbocycles. The van der Waals surface area contributed by atoms with Crippen molar-refractivity contribution in [3.05, 3.63) is 10.2 Å². The van der Waals surface area contributed by atoms with Gasteiger partial charge in [0.15, 0.2) is 0 Å². The summed E-state index contributed by atoms with van der Waals surface area (Å²) in [5.74, 6) is -0.108. The summed E-state index contributed by atoms with van der Waals surface area (Å²) in [6, 6.07) is 0. The fraction of sp³-hybridized carbons (Fsp3) is 0.625. The zero-order valence-electron chi connectivity index (χ0n) is 6.68. The van der Waals surface area contributed by atoms with Crippen LogP contribution >= 0.6 is 22.6 Å². The molecule has 0 bridgehead atoms. The molecule has 11 heavy (non-hydrogen) atoms. The number of hydrogen-bond acceptors (Lipinski definition) is 2. The van der Waals surface area contributed by atoms with Crippen molar-refractivity contribution in [3.63, 3.8) is 0 Å². The summed E-state index contributed by atoms with van der Waals surface area (Å²) < 4.78 is 6.49. The van der Waals surface area contributed by atoms with Crippen LogP contribution in [-0.2, 0) is 9.53 Å². The summed E-state index contributed by atoms with van der Waals surface area (Å²) in [6.45, 7) is 0. The van der Waals surface area contributed by atoms with Crippen molar-refractivity contribution in [2.45, 2.75) is 25.7 Å². The highest BCUT2D eigenvalue weighted by Gasteiger charge is 1.97. The van der Waals surface area contributed by atoms with Gasteiger partial charge in [-0.05, 0) is 23.3 Å². The first kappa shape index (κ1) is 10.9. The number of allylic oxidation sites excluding steroid dienone is 1. The fourth-order valence-electron chi connectivity index (χ4n) is 0.697. The highest BCUT2D eigenvalue weighted by molar-refractivity contribution is 14.1. The Morgan fingerprint density at radius 1 is 1.55 bits per heavy atom. The average Bonchev–Trinajstić information content (AvgIpc) is 2.04. The molecule has 0 saturated carbocycles. The molecular formula is C8H13IO2. The lowest BCUT2D eigenvalue weighted by molar-refractivity contribution is -0.140. The third-order valence-electron chi connectivity index (χ3n) is 1.32. The van der Waals surface area contributed by atoms with E-state index >= 15 is 0 Å². The summed E-state index contributed by atoms with van der Waals surface area (Å²) in [6.07, 6.45) is 5.69. The van der Waals surface area contributed by atoms with E-state index < -0.39 is 0 Å². The maximum Gasteiger partial charge on any atom is 0.305 e. The molecule has 0 aromatic heterocycles. The highest BCUT2D eigenvalue weighted by atomic mass is 127. The second-order valence-corrected chi connectivity index (χ2v) is 2.90. The Hall–Kier alpha value is -0.0600. The molecule has 0 unspecified atom stereocenters. The maximum atomic E-state index is 10.6. The Balaban J connectivity index is 3.08. The number of hydrogen-bond donors (Lipinski definition) is 0. The SMILES string of the molecule is COC(=O)CCCC/C=C/I. The summed E-state index contributed by atoms with van der Waals surface area (Å²) in [7, 11) is 1.42. The van der Waals surface area contributed by atoms with Gasteiger partial charge in [-0.15, -0.1) is 0 Å². The lowest BCUT2D eigenvalue weighted by atomic mass is 10.2. The van der Waals surface area contributed by atoms with Gasteiger partial charge in [-0.25, -0.2) is 0 Å². The number of ether oxygens (including phenoxy) is 1. The molecule has 0 N–H and O–H groups in total. The van der Waals surface area contributed by atoms with Crippen molar-refractivity contribution in [2.24, 2.45) is 0 Å². The molecule has 0 aliphatic rings. The monoisotopic (exact) mass is 268 g/mol. The summed E-state index contributed by atoms with van der Waals surface area (Å²) in [5, 5.41) is 0. The molecular weight excluding hydrogens is 255 g/mol. The van der Waals surface area contributed by atoms with Crippen LogP contribution < -0.4 is 0 Å². The van der Waals surface area contributed by atoms with Crippen LogP contribution in [0.2, 0.25) is 0 Å². The van der Waals surface area contributed by atoms with Crippen LogP contribution in [-0.4, -0.2) is 13.1 Å². The van der Waals surface area contributed by atoms with Gasteiger partial charge in [0, 0.05) is 6.42 Å². The van der Waals surface area contributed by atoms with Gasteiger partial charge < -0.3 is 4.74 Å². The minimum absolute atomic E-state index is 0.108. The highest BCUT2D eigenvalue weighted by Crippen LogP contribution is 2.02. The Kier molecular flexibility index (Phi) is 8.00. The summed E-state index contributed by atoms with van der Waals surface area (Å²) in [4.78, 5) is 10.6. The molecule has 64 valence electrons. The molecule has 0 rings (SSSR count). The molecule has 0 aromatic rings. The van der Waals surface area contributed by atoms with E-state index in [9.17, 15) is 4.79 Å². The second kappa shape index (κ2) is 8.04. The first-order chi connectivity index (χ1) is 5.31. The van der Waals surface area contributed by atoms with E-state index in [2.05, 4.69) is 33.4 Å². The zero-order valence-corrected chi connectivity index (χ0v) is 8.84. The van der Waals surface area contributed by atoms with Crippen LogP contribution in [0.25, 0.3) is 0 Å². The van der Waals surface area contributed by atoms with Gasteiger partial charge in [-0.2, -0.15) is 0 Å². The largest absolute Gasteiger partial charge is 0.469 e. The Morgan fingerprint density at radius 2 is 2.27 bits per heavy atom. The van der Waals surface area contributed by atoms with Crippen molar-refractivity contribution in [1.82, 2.24) is 0 Å². The Morgan fingerprint density at radius 3 is 2.82 bits per heavy atom. The van der Waals surface area contributed by atoms with E-state index in [-0.39, 0.29) is 5.97 Å². The number of methoxy groups -OCH3 is 1. The van der Waals surface area contributed by atoms with Gasteiger partial charge in [-0.1, -0.05) is 28.7 Å². The lowest BCUT2D eigenvalue weighted by Gasteiger charge is -1.96. The first-order valence-corrected chi connectivity index (χ1v) is 4.88. The van der Waals surface area contributed by atoms with Gasteiger partial charge in [0.05, 0.1) is 7.11 Å². The molecule has 0 heterocycles. The van der Waals surface area contributed by atoms with Gasteiger partial charge in [0.25, 0.3) is 0 Å². The van der Waals surface area contributed by atoms with E-state index in [1.54, 1.807) is 0 Å². The van der Waals surface area contributed by atoms with Crippen molar-refractivity contribution >= 4 is 28.6 Å². The van der Waals surface area contributed by atoms with E-state index in [0.29, 0.717) is 6.42 Å². The third kappa shape index (κ3) is 7.84. The topological polar surface area (TPSA) is 26.3 Å². The molecule has 0 fully saturated rings. The Labute approximate surface area is 81.1 Å². The number of carbonyl (C=O) groups is 1. The van der Waals surface area contributed by atoms with E-state index in [1.807, 2.05) is 4.08 Å². The number of rotatable bonds is 5. The van der Waals surface area contributed by atoms with E-state index in [4.69, 9.17) is 0 Å². The molecule has 0 amide bonds. The molecule has 3 heteroatoms. The molecule has 0 radical (unpaired) electrons. The molecule has 0 saturated heterocycles. The van der Waals surface area contributed by atoms with Crippen LogP contribution in [0.5, 0.6) is 0 Å². The van der Waals surface area contributed by atoms with Crippen molar-refractivity contribution in [1.29, 1.82) is 0 Å². The molecule has 0 aliphatic heterocycles. The van der Waals surface area contributed by atoms with Gasteiger partial charge >= 0.3 is 5.97 Å². The average molecular weight is 268 g/mol. The van der Waals surface area contributed by atoms with E-state index in [1.165, 1.54) is 7.11 Å². The number of halogens is 1.